The molecular weight excluding hydrogens is 375 g/mol. The van der Waals surface area contributed by atoms with E-state index in [-0.39, 0.29) is 30.4 Å². The fraction of sp³-hybridized carbons (Fsp3) is 0.381. The first-order chi connectivity index (χ1) is 13.8. The number of hydrogen-bond acceptors (Lipinski definition) is 6. The number of likely N-dealkylation sites (tertiary alicyclic amines) is 1. The third-order valence-corrected chi connectivity index (χ3v) is 5.87. The summed E-state index contributed by atoms with van der Waals surface area (Å²) >= 11 is 0. The minimum Gasteiger partial charge on any atom is -0.442 e. The van der Waals surface area contributed by atoms with Crippen molar-refractivity contribution in [2.24, 2.45) is 0 Å². The summed E-state index contributed by atoms with van der Waals surface area (Å²) in [7, 11) is 0. The van der Waals surface area contributed by atoms with E-state index >= 15 is 0 Å². The largest absolute Gasteiger partial charge is 0.442 e. The van der Waals surface area contributed by atoms with Gasteiger partial charge in [-0.05, 0) is 44.4 Å². The lowest BCUT2D eigenvalue weighted by molar-refractivity contribution is -0.0863. The van der Waals surface area contributed by atoms with E-state index in [4.69, 9.17) is 4.42 Å². The van der Waals surface area contributed by atoms with Gasteiger partial charge >= 0.3 is 0 Å². The predicted octanol–water partition coefficient (Wildman–Crippen LogP) is 2.98. The van der Waals surface area contributed by atoms with E-state index in [1.165, 1.54) is 18.5 Å². The van der Waals surface area contributed by atoms with Gasteiger partial charge in [0.05, 0.1) is 24.0 Å². The number of carbonyl (C=O) groups excluding carboxylic acids is 1. The maximum Gasteiger partial charge on any atom is 0.258 e. The molecule has 0 radical (unpaired) electrons. The van der Waals surface area contributed by atoms with E-state index in [9.17, 15) is 14.3 Å². The molecular formula is C21H21FN4O3. The number of β-amino-alcohol motifs (C(OH)–C–C–N with tert-alkyl or cyclic N) is 1. The van der Waals surface area contributed by atoms with Crippen LogP contribution in [0.5, 0.6) is 0 Å². The average Bonchev–Trinajstić information content (AvgIpc) is 3.27. The van der Waals surface area contributed by atoms with Crippen LogP contribution in [0.25, 0.3) is 11.1 Å². The topological polar surface area (TPSA) is 91.5 Å². The van der Waals surface area contributed by atoms with E-state index in [0.717, 1.165) is 12.8 Å². The van der Waals surface area contributed by atoms with Gasteiger partial charge < -0.3 is 19.7 Å². The minimum atomic E-state index is -1.18. The summed E-state index contributed by atoms with van der Waals surface area (Å²) in [5, 5.41) is 14.8. The molecule has 0 unspecified atom stereocenters. The van der Waals surface area contributed by atoms with Crippen LogP contribution in [0.1, 0.15) is 41.4 Å². The Morgan fingerprint density at radius 2 is 1.93 bits per heavy atom. The van der Waals surface area contributed by atoms with E-state index < -0.39 is 5.60 Å². The normalized spacial score (nSPS) is 19.1. The zero-order valence-corrected chi connectivity index (χ0v) is 16.2. The molecule has 1 saturated heterocycles. The van der Waals surface area contributed by atoms with Crippen molar-refractivity contribution in [3.63, 3.8) is 0 Å². The van der Waals surface area contributed by atoms with Crippen LogP contribution >= 0.6 is 0 Å². The summed E-state index contributed by atoms with van der Waals surface area (Å²) < 4.78 is 18.9. The molecule has 1 aliphatic heterocycles. The van der Waals surface area contributed by atoms with Gasteiger partial charge in [-0.1, -0.05) is 12.1 Å². The Kier molecular flexibility index (Phi) is 3.73. The molecule has 29 heavy (non-hydrogen) atoms. The fourth-order valence-electron chi connectivity index (χ4n) is 3.82. The summed E-state index contributed by atoms with van der Waals surface area (Å²) in [6.45, 7) is 4.08. The molecule has 2 fully saturated rings. The van der Waals surface area contributed by atoms with Gasteiger partial charge in [0.25, 0.3) is 5.91 Å². The lowest BCUT2D eigenvalue weighted by Gasteiger charge is -2.46. The lowest BCUT2D eigenvalue weighted by atomic mass is 9.85. The van der Waals surface area contributed by atoms with Crippen molar-refractivity contribution in [2.75, 3.05) is 18.4 Å². The van der Waals surface area contributed by atoms with Crippen molar-refractivity contribution in [3.8, 4) is 0 Å². The predicted molar refractivity (Wildman–Crippen MR) is 104 cm³/mol. The van der Waals surface area contributed by atoms with Crippen LogP contribution in [0.15, 0.2) is 35.0 Å². The Bertz CT molecular complexity index is 1110. The highest BCUT2D eigenvalue weighted by Crippen LogP contribution is 2.41. The number of anilines is 1. The van der Waals surface area contributed by atoms with Gasteiger partial charge in [-0.15, -0.1) is 0 Å². The van der Waals surface area contributed by atoms with Crippen LogP contribution in [0, 0.1) is 12.7 Å². The number of hydrogen-bond donors (Lipinski definition) is 2. The highest BCUT2D eigenvalue weighted by molar-refractivity contribution is 6.10. The SMILES string of the molecule is Cc1oc2ncnc(NC3(C)CC3)c2c1C(=O)N1CC(O)(c2ccc(F)cc2)C1. The van der Waals surface area contributed by atoms with Crippen molar-refractivity contribution in [2.45, 2.75) is 37.8 Å². The molecule has 0 bridgehead atoms. The zero-order valence-electron chi connectivity index (χ0n) is 16.2. The molecule has 3 aromatic rings. The van der Waals surface area contributed by atoms with Gasteiger partial charge in [-0.3, -0.25) is 4.79 Å². The molecule has 8 heteroatoms. The monoisotopic (exact) mass is 396 g/mol. The van der Waals surface area contributed by atoms with Crippen LogP contribution in [-0.4, -0.2) is 44.5 Å². The third-order valence-electron chi connectivity index (χ3n) is 5.87. The number of furan rings is 1. The molecule has 150 valence electrons. The van der Waals surface area contributed by atoms with Crippen LogP contribution in [0.4, 0.5) is 10.2 Å². The molecule has 2 aliphatic rings. The lowest BCUT2D eigenvalue weighted by Crippen LogP contribution is -2.61. The molecule has 1 saturated carbocycles. The molecule has 2 aromatic heterocycles. The Balaban J connectivity index is 1.45. The summed E-state index contributed by atoms with van der Waals surface area (Å²) in [6, 6.07) is 5.70. The van der Waals surface area contributed by atoms with E-state index in [1.54, 1.807) is 24.0 Å². The van der Waals surface area contributed by atoms with Gasteiger partial charge in [0, 0.05) is 5.54 Å². The van der Waals surface area contributed by atoms with Gasteiger partial charge in [0.15, 0.2) is 0 Å². The second kappa shape index (κ2) is 6.00. The number of nitrogens with zero attached hydrogens (tertiary/aromatic N) is 3. The highest BCUT2D eigenvalue weighted by atomic mass is 19.1. The molecule has 0 spiro atoms. The fourth-order valence-corrected chi connectivity index (χ4v) is 3.82. The van der Waals surface area contributed by atoms with Gasteiger partial charge in [-0.2, -0.15) is 0 Å². The first-order valence-corrected chi connectivity index (χ1v) is 9.58. The Hall–Kier alpha value is -3.00. The van der Waals surface area contributed by atoms with E-state index in [0.29, 0.717) is 33.8 Å². The second-order valence-electron chi connectivity index (χ2n) is 8.32. The summed E-state index contributed by atoms with van der Waals surface area (Å²) in [5.41, 5.74) is 0.155. The van der Waals surface area contributed by atoms with Crippen molar-refractivity contribution >= 4 is 22.8 Å². The summed E-state index contributed by atoms with van der Waals surface area (Å²) in [5.74, 6) is 0.442. The number of aromatic nitrogens is 2. The Morgan fingerprint density at radius 1 is 1.24 bits per heavy atom. The van der Waals surface area contributed by atoms with Crippen LogP contribution in [0.2, 0.25) is 0 Å². The van der Waals surface area contributed by atoms with Crippen LogP contribution < -0.4 is 5.32 Å². The number of fused-ring (bicyclic) bond motifs is 1. The van der Waals surface area contributed by atoms with Gasteiger partial charge in [0.1, 0.15) is 29.3 Å². The first-order valence-electron chi connectivity index (χ1n) is 9.58. The number of carbonyl (C=O) groups is 1. The zero-order chi connectivity index (χ0) is 20.4. The minimum absolute atomic E-state index is 0.0215. The van der Waals surface area contributed by atoms with Crippen LogP contribution in [0.3, 0.4) is 0 Å². The maximum absolute atomic E-state index is 13.2. The van der Waals surface area contributed by atoms with Crippen molar-refractivity contribution in [3.05, 3.63) is 53.3 Å². The Morgan fingerprint density at radius 3 is 2.59 bits per heavy atom. The van der Waals surface area contributed by atoms with Crippen molar-refractivity contribution in [1.82, 2.24) is 14.9 Å². The molecule has 0 atom stereocenters. The number of halogens is 1. The molecule has 1 amide bonds. The van der Waals surface area contributed by atoms with Crippen molar-refractivity contribution < 1.29 is 18.7 Å². The maximum atomic E-state index is 13.2. The third kappa shape index (κ3) is 2.95. The molecule has 1 aromatic carbocycles. The standard InChI is InChI=1S/C21H21FN4O3/c1-12-15(16-17(25-20(2)7-8-20)23-11-24-18(16)29-12)19(27)26-9-21(28,10-26)13-3-5-14(22)6-4-13/h3-6,11,28H,7-10H2,1-2H3,(H,23,24,25). The number of benzene rings is 1. The number of aryl methyl sites for hydroxylation is 1. The van der Waals surface area contributed by atoms with E-state index in [1.807, 2.05) is 0 Å². The van der Waals surface area contributed by atoms with Crippen molar-refractivity contribution in [1.29, 1.82) is 0 Å². The highest BCUT2D eigenvalue weighted by Gasteiger charge is 2.46. The van der Waals surface area contributed by atoms with Crippen LogP contribution in [-0.2, 0) is 5.60 Å². The molecule has 7 nitrogen and oxygen atoms in total. The Labute approximate surface area is 166 Å². The van der Waals surface area contributed by atoms with Gasteiger partial charge in [0.2, 0.25) is 5.71 Å². The average molecular weight is 396 g/mol. The number of amides is 1. The number of rotatable bonds is 4. The summed E-state index contributed by atoms with van der Waals surface area (Å²) in [6.07, 6.45) is 3.50. The van der Waals surface area contributed by atoms with Gasteiger partial charge in [-0.25, -0.2) is 14.4 Å². The summed E-state index contributed by atoms with van der Waals surface area (Å²) in [4.78, 5) is 23.3. The molecule has 1 aliphatic carbocycles. The number of aliphatic hydroxyl groups is 1. The smallest absolute Gasteiger partial charge is 0.258 e. The molecule has 3 heterocycles. The second-order valence-corrected chi connectivity index (χ2v) is 8.32. The molecule has 2 N–H and O–H groups in total. The first kappa shape index (κ1) is 18.1. The molecule has 5 rings (SSSR count). The van der Waals surface area contributed by atoms with E-state index in [2.05, 4.69) is 22.2 Å². The quantitative estimate of drug-likeness (QED) is 0.705. The number of nitrogens with one attached hydrogen (secondary N) is 1.